The molecule has 4 heterocycles. The summed E-state index contributed by atoms with van der Waals surface area (Å²) in [7, 11) is 0. The molecule has 0 saturated carbocycles. The fraction of sp³-hybridized carbons (Fsp3) is 0.250. The molecule has 0 radical (unpaired) electrons. The van der Waals surface area contributed by atoms with Gasteiger partial charge in [-0.1, -0.05) is 6.07 Å². The molecule has 6 heteroatoms. The van der Waals surface area contributed by atoms with Crippen molar-refractivity contribution in [2.75, 3.05) is 6.54 Å². The van der Waals surface area contributed by atoms with E-state index in [2.05, 4.69) is 55.6 Å². The van der Waals surface area contributed by atoms with Gasteiger partial charge in [0.2, 0.25) is 0 Å². The Morgan fingerprint density at radius 2 is 2.08 bits per heavy atom. The smallest absolute Gasteiger partial charge is 0.123 e. The van der Waals surface area contributed by atoms with Crippen molar-refractivity contribution < 1.29 is 0 Å². The standard InChI is InChI=1S/C20H19N5S/c1-14(15-4-5-19-17(9-15)23-13-26-19)24-7-8-25-18(11-22-20(25)12-24)16-3-2-6-21-10-16/h2-6,9-11,13-14H,7-8,12H2,1H3. The third-order valence-electron chi connectivity index (χ3n) is 5.24. The number of nitrogens with zero attached hydrogens (tertiary/aromatic N) is 5. The quantitative estimate of drug-likeness (QED) is 0.550. The van der Waals surface area contributed by atoms with Crippen LogP contribution in [0.1, 0.15) is 24.4 Å². The lowest BCUT2D eigenvalue weighted by atomic mass is 10.1. The summed E-state index contributed by atoms with van der Waals surface area (Å²) in [6.45, 7) is 5.08. The molecule has 3 aromatic heterocycles. The van der Waals surface area contributed by atoms with Crippen molar-refractivity contribution in [2.24, 2.45) is 0 Å². The number of hydrogen-bond donors (Lipinski definition) is 0. The highest BCUT2D eigenvalue weighted by Gasteiger charge is 2.24. The van der Waals surface area contributed by atoms with Crippen molar-refractivity contribution in [2.45, 2.75) is 26.1 Å². The maximum Gasteiger partial charge on any atom is 0.123 e. The second-order valence-corrected chi connectivity index (χ2v) is 7.57. The Morgan fingerprint density at radius 1 is 1.12 bits per heavy atom. The first-order valence-corrected chi connectivity index (χ1v) is 9.69. The number of fused-ring (bicyclic) bond motifs is 2. The Bertz CT molecular complexity index is 1050. The third kappa shape index (κ3) is 2.62. The van der Waals surface area contributed by atoms with Crippen molar-refractivity contribution in [1.82, 2.24) is 24.4 Å². The van der Waals surface area contributed by atoms with Crippen molar-refractivity contribution >= 4 is 21.6 Å². The number of thiazole rings is 1. The summed E-state index contributed by atoms with van der Waals surface area (Å²) in [5.41, 5.74) is 6.61. The summed E-state index contributed by atoms with van der Waals surface area (Å²) < 4.78 is 3.57. The highest BCUT2D eigenvalue weighted by Crippen LogP contribution is 2.30. The summed E-state index contributed by atoms with van der Waals surface area (Å²) in [6, 6.07) is 11.0. The van der Waals surface area contributed by atoms with Gasteiger partial charge in [0.25, 0.3) is 0 Å². The van der Waals surface area contributed by atoms with E-state index < -0.39 is 0 Å². The lowest BCUT2D eigenvalue weighted by molar-refractivity contribution is 0.164. The van der Waals surface area contributed by atoms with Gasteiger partial charge in [0.15, 0.2) is 0 Å². The Balaban J connectivity index is 1.41. The fourth-order valence-electron chi connectivity index (χ4n) is 3.70. The number of imidazole rings is 1. The van der Waals surface area contributed by atoms with E-state index in [9.17, 15) is 0 Å². The molecule has 1 aliphatic heterocycles. The van der Waals surface area contributed by atoms with Crippen LogP contribution in [0.4, 0.5) is 0 Å². The number of aromatic nitrogens is 4. The first-order chi connectivity index (χ1) is 12.8. The number of benzene rings is 1. The zero-order valence-electron chi connectivity index (χ0n) is 14.5. The summed E-state index contributed by atoms with van der Waals surface area (Å²) in [5, 5.41) is 0. The van der Waals surface area contributed by atoms with Crippen LogP contribution in [0.2, 0.25) is 0 Å². The lowest BCUT2D eigenvalue weighted by Gasteiger charge is -2.33. The molecule has 0 aliphatic carbocycles. The van der Waals surface area contributed by atoms with E-state index in [-0.39, 0.29) is 0 Å². The maximum absolute atomic E-state index is 4.68. The van der Waals surface area contributed by atoms with E-state index in [0.717, 1.165) is 42.2 Å². The molecule has 0 N–H and O–H groups in total. The molecule has 0 fully saturated rings. The Kier molecular flexibility index (Phi) is 3.80. The Morgan fingerprint density at radius 3 is 2.96 bits per heavy atom. The molecule has 0 saturated heterocycles. The second kappa shape index (κ2) is 6.30. The minimum atomic E-state index is 0.341. The van der Waals surface area contributed by atoms with Gasteiger partial charge in [-0.15, -0.1) is 11.3 Å². The molecule has 1 unspecified atom stereocenters. The highest BCUT2D eigenvalue weighted by molar-refractivity contribution is 7.16. The van der Waals surface area contributed by atoms with Gasteiger partial charge in [-0.05, 0) is 36.8 Å². The number of pyridine rings is 1. The minimum absolute atomic E-state index is 0.341. The monoisotopic (exact) mass is 361 g/mol. The third-order valence-corrected chi connectivity index (χ3v) is 6.05. The van der Waals surface area contributed by atoms with Gasteiger partial charge in [0, 0.05) is 37.1 Å². The summed E-state index contributed by atoms with van der Waals surface area (Å²) >= 11 is 1.69. The van der Waals surface area contributed by atoms with Crippen molar-refractivity contribution in [3.05, 3.63) is 65.8 Å². The molecule has 1 aromatic carbocycles. The number of hydrogen-bond acceptors (Lipinski definition) is 5. The molecule has 5 rings (SSSR count). The molecule has 0 amide bonds. The first kappa shape index (κ1) is 15.7. The van der Waals surface area contributed by atoms with Crippen LogP contribution in [-0.2, 0) is 13.1 Å². The molecule has 0 bridgehead atoms. The average molecular weight is 361 g/mol. The number of rotatable bonds is 3. The zero-order chi connectivity index (χ0) is 17.5. The van der Waals surface area contributed by atoms with E-state index in [1.807, 2.05) is 24.0 Å². The van der Waals surface area contributed by atoms with Gasteiger partial charge >= 0.3 is 0 Å². The first-order valence-electron chi connectivity index (χ1n) is 8.81. The summed E-state index contributed by atoms with van der Waals surface area (Å²) in [4.78, 5) is 15.9. The van der Waals surface area contributed by atoms with E-state index in [4.69, 9.17) is 0 Å². The SMILES string of the molecule is CC(c1ccc2scnc2c1)N1CCn2c(-c3cccnc3)cnc2C1. The van der Waals surface area contributed by atoms with E-state index >= 15 is 0 Å². The topological polar surface area (TPSA) is 46.8 Å². The van der Waals surface area contributed by atoms with Gasteiger partial charge in [-0.2, -0.15) is 0 Å². The van der Waals surface area contributed by atoms with Crippen LogP contribution in [-0.4, -0.2) is 31.0 Å². The molecular weight excluding hydrogens is 342 g/mol. The van der Waals surface area contributed by atoms with Crippen molar-refractivity contribution in [1.29, 1.82) is 0 Å². The van der Waals surface area contributed by atoms with E-state index in [1.54, 1.807) is 17.5 Å². The Hall–Kier alpha value is -2.57. The summed E-state index contributed by atoms with van der Waals surface area (Å²) in [6.07, 6.45) is 5.68. The molecule has 26 heavy (non-hydrogen) atoms. The largest absolute Gasteiger partial charge is 0.326 e. The van der Waals surface area contributed by atoms with Crippen LogP contribution in [0.3, 0.4) is 0 Å². The molecule has 1 aliphatic rings. The molecule has 5 nitrogen and oxygen atoms in total. The van der Waals surface area contributed by atoms with Crippen molar-refractivity contribution in [3.8, 4) is 11.3 Å². The highest BCUT2D eigenvalue weighted by atomic mass is 32.1. The lowest BCUT2D eigenvalue weighted by Crippen LogP contribution is -2.35. The van der Waals surface area contributed by atoms with Crippen LogP contribution < -0.4 is 0 Å². The average Bonchev–Trinajstić information content (AvgIpc) is 3.33. The fourth-order valence-corrected chi connectivity index (χ4v) is 4.36. The van der Waals surface area contributed by atoms with Gasteiger partial charge in [-0.25, -0.2) is 9.97 Å². The van der Waals surface area contributed by atoms with Crippen LogP contribution in [0.5, 0.6) is 0 Å². The maximum atomic E-state index is 4.68. The Labute approximate surface area is 156 Å². The van der Waals surface area contributed by atoms with Crippen LogP contribution in [0.15, 0.2) is 54.4 Å². The predicted molar refractivity (Wildman–Crippen MR) is 104 cm³/mol. The van der Waals surface area contributed by atoms with Gasteiger partial charge in [0.05, 0.1) is 34.2 Å². The predicted octanol–water partition coefficient (Wildman–Crippen LogP) is 4.13. The summed E-state index contributed by atoms with van der Waals surface area (Å²) in [5.74, 6) is 1.12. The van der Waals surface area contributed by atoms with Crippen LogP contribution in [0.25, 0.3) is 21.5 Å². The van der Waals surface area contributed by atoms with Crippen LogP contribution >= 0.6 is 11.3 Å². The normalized spacial score (nSPS) is 15.9. The van der Waals surface area contributed by atoms with Gasteiger partial charge in [0.1, 0.15) is 5.82 Å². The van der Waals surface area contributed by atoms with Crippen LogP contribution in [0, 0.1) is 0 Å². The van der Waals surface area contributed by atoms with Crippen molar-refractivity contribution in [3.63, 3.8) is 0 Å². The molecular formula is C20H19N5S. The van der Waals surface area contributed by atoms with Gasteiger partial charge < -0.3 is 4.57 Å². The van der Waals surface area contributed by atoms with E-state index in [1.165, 1.54) is 10.3 Å². The zero-order valence-corrected chi connectivity index (χ0v) is 15.4. The molecule has 130 valence electrons. The molecule has 1 atom stereocenters. The van der Waals surface area contributed by atoms with Gasteiger partial charge in [-0.3, -0.25) is 9.88 Å². The molecule has 4 aromatic rings. The van der Waals surface area contributed by atoms with E-state index in [0.29, 0.717) is 6.04 Å². The molecule has 0 spiro atoms. The second-order valence-electron chi connectivity index (χ2n) is 6.68. The minimum Gasteiger partial charge on any atom is -0.326 e.